The zero-order valence-corrected chi connectivity index (χ0v) is 16.2. The van der Waals surface area contributed by atoms with Crippen LogP contribution in [-0.4, -0.2) is 12.1 Å². The van der Waals surface area contributed by atoms with Gasteiger partial charge in [0, 0.05) is 5.02 Å². The third kappa shape index (κ3) is 4.70. The van der Waals surface area contributed by atoms with Crippen LogP contribution < -0.4 is 9.47 Å². The molecule has 4 nitrogen and oxygen atoms in total. The first-order valence-electron chi connectivity index (χ1n) is 8.71. The molecule has 0 radical (unpaired) electrons. The summed E-state index contributed by atoms with van der Waals surface area (Å²) in [6.45, 7) is 3.50. The molecule has 0 spiro atoms. The zero-order chi connectivity index (χ0) is 20.1. The molecule has 1 atom stereocenters. The summed E-state index contributed by atoms with van der Waals surface area (Å²) in [5.74, 6) is 0.538. The molecule has 140 valence electrons. The van der Waals surface area contributed by atoms with Gasteiger partial charge in [0.2, 0.25) is 0 Å². The van der Waals surface area contributed by atoms with E-state index in [2.05, 4.69) is 6.07 Å². The van der Waals surface area contributed by atoms with Crippen LogP contribution in [-0.2, 0) is 4.79 Å². The Labute approximate surface area is 168 Å². The van der Waals surface area contributed by atoms with Crippen LogP contribution in [0.2, 0.25) is 5.02 Å². The molecule has 5 heteroatoms. The fourth-order valence-electron chi connectivity index (χ4n) is 2.64. The first-order chi connectivity index (χ1) is 13.5. The maximum absolute atomic E-state index is 12.3. The lowest BCUT2D eigenvalue weighted by Gasteiger charge is -2.15. The molecule has 0 bridgehead atoms. The Hall–Kier alpha value is -3.29. The fraction of sp³-hybridized carbons (Fsp3) is 0.130. The highest BCUT2D eigenvalue weighted by molar-refractivity contribution is 6.30. The summed E-state index contributed by atoms with van der Waals surface area (Å²) in [5.41, 5.74) is 3.40. The van der Waals surface area contributed by atoms with Crippen molar-refractivity contribution in [3.63, 3.8) is 0 Å². The van der Waals surface area contributed by atoms with Crippen LogP contribution in [0.5, 0.6) is 11.5 Å². The molecule has 0 aliphatic rings. The Morgan fingerprint density at radius 3 is 2.18 bits per heavy atom. The number of halogens is 1. The van der Waals surface area contributed by atoms with E-state index in [4.69, 9.17) is 26.3 Å². The molecule has 0 aromatic heterocycles. The predicted octanol–water partition coefficient (Wildman–Crippen LogP) is 5.56. The summed E-state index contributed by atoms with van der Waals surface area (Å²) in [4.78, 5) is 12.3. The smallest absolute Gasteiger partial charge is 0.352 e. The lowest BCUT2D eigenvalue weighted by atomic mass is 10.0. The SMILES string of the molecule is Cc1cc(Cl)ccc1O[C@@H](C)C(=O)Oc1ccc(-c2ccc(C#N)cc2)cc1. The van der Waals surface area contributed by atoms with E-state index in [1.54, 1.807) is 49.4 Å². The van der Waals surface area contributed by atoms with E-state index in [1.807, 2.05) is 31.2 Å². The Morgan fingerprint density at radius 1 is 1.00 bits per heavy atom. The molecule has 0 amide bonds. The minimum atomic E-state index is -0.766. The van der Waals surface area contributed by atoms with Gasteiger partial charge in [0.15, 0.2) is 6.10 Å². The van der Waals surface area contributed by atoms with E-state index in [0.29, 0.717) is 22.1 Å². The highest BCUT2D eigenvalue weighted by Crippen LogP contribution is 2.25. The maximum Gasteiger partial charge on any atom is 0.352 e. The van der Waals surface area contributed by atoms with E-state index < -0.39 is 12.1 Å². The number of nitrogens with zero attached hydrogens (tertiary/aromatic N) is 1. The van der Waals surface area contributed by atoms with Gasteiger partial charge >= 0.3 is 5.97 Å². The van der Waals surface area contributed by atoms with Crippen molar-refractivity contribution in [2.24, 2.45) is 0 Å². The van der Waals surface area contributed by atoms with Crippen LogP contribution in [0.25, 0.3) is 11.1 Å². The normalized spacial score (nSPS) is 11.4. The molecule has 3 aromatic carbocycles. The van der Waals surface area contributed by atoms with E-state index in [1.165, 1.54) is 0 Å². The lowest BCUT2D eigenvalue weighted by molar-refractivity contribution is -0.141. The van der Waals surface area contributed by atoms with Gasteiger partial charge in [-0.25, -0.2) is 4.79 Å². The van der Waals surface area contributed by atoms with Crippen molar-refractivity contribution in [1.82, 2.24) is 0 Å². The van der Waals surface area contributed by atoms with Crippen LogP contribution in [0.15, 0.2) is 66.7 Å². The molecule has 3 aromatic rings. The third-order valence-corrected chi connectivity index (χ3v) is 4.43. The van der Waals surface area contributed by atoms with Crippen LogP contribution in [0.4, 0.5) is 0 Å². The summed E-state index contributed by atoms with van der Waals surface area (Å²) >= 11 is 5.93. The number of carbonyl (C=O) groups excluding carboxylic acids is 1. The van der Waals surface area contributed by atoms with Gasteiger partial charge in [-0.2, -0.15) is 5.26 Å². The average molecular weight is 392 g/mol. The molecule has 0 N–H and O–H groups in total. The first kappa shape index (κ1) is 19.5. The van der Waals surface area contributed by atoms with Gasteiger partial charge in [0.25, 0.3) is 0 Å². The lowest BCUT2D eigenvalue weighted by Crippen LogP contribution is -2.28. The molecular weight excluding hydrogens is 374 g/mol. The molecule has 0 aliphatic carbocycles. The van der Waals surface area contributed by atoms with Crippen molar-refractivity contribution >= 4 is 17.6 Å². The van der Waals surface area contributed by atoms with Crippen LogP contribution in [0.1, 0.15) is 18.1 Å². The number of rotatable bonds is 5. The van der Waals surface area contributed by atoms with Crippen molar-refractivity contribution in [2.75, 3.05) is 0 Å². The number of ether oxygens (including phenoxy) is 2. The Bertz CT molecular complexity index is 1020. The maximum atomic E-state index is 12.3. The highest BCUT2D eigenvalue weighted by atomic mass is 35.5. The van der Waals surface area contributed by atoms with Gasteiger partial charge in [-0.3, -0.25) is 0 Å². The predicted molar refractivity (Wildman–Crippen MR) is 109 cm³/mol. The van der Waals surface area contributed by atoms with Crippen LogP contribution >= 0.6 is 11.6 Å². The molecule has 0 unspecified atom stereocenters. The Kier molecular flexibility index (Phi) is 5.98. The standard InChI is InChI=1S/C23H18ClNO3/c1-15-13-20(24)9-12-22(15)27-16(2)23(26)28-21-10-7-19(8-11-21)18-5-3-17(14-25)4-6-18/h3-13,16H,1-2H3/t16-/m0/s1. The highest BCUT2D eigenvalue weighted by Gasteiger charge is 2.18. The second kappa shape index (κ2) is 8.60. The Morgan fingerprint density at radius 2 is 1.61 bits per heavy atom. The van der Waals surface area contributed by atoms with Crippen LogP contribution in [0, 0.1) is 18.3 Å². The fourth-order valence-corrected chi connectivity index (χ4v) is 2.86. The summed E-state index contributed by atoms with van der Waals surface area (Å²) < 4.78 is 11.1. The average Bonchev–Trinajstić information content (AvgIpc) is 2.70. The van der Waals surface area contributed by atoms with Crippen molar-refractivity contribution in [3.8, 4) is 28.7 Å². The molecule has 0 fully saturated rings. The van der Waals surface area contributed by atoms with E-state index in [0.717, 1.165) is 16.7 Å². The largest absolute Gasteiger partial charge is 0.479 e. The van der Waals surface area contributed by atoms with Crippen molar-refractivity contribution in [1.29, 1.82) is 5.26 Å². The summed E-state index contributed by atoms with van der Waals surface area (Å²) in [6.07, 6.45) is -0.766. The van der Waals surface area contributed by atoms with E-state index in [-0.39, 0.29) is 0 Å². The summed E-state index contributed by atoms with van der Waals surface area (Å²) in [6, 6.07) is 21.8. The van der Waals surface area contributed by atoms with Crippen LogP contribution in [0.3, 0.4) is 0 Å². The minimum absolute atomic E-state index is 0.436. The van der Waals surface area contributed by atoms with Crippen molar-refractivity contribution in [2.45, 2.75) is 20.0 Å². The number of benzene rings is 3. The van der Waals surface area contributed by atoms with Gasteiger partial charge in [0.1, 0.15) is 11.5 Å². The number of hydrogen-bond donors (Lipinski definition) is 0. The minimum Gasteiger partial charge on any atom is -0.479 e. The molecule has 0 saturated carbocycles. The second-order valence-corrected chi connectivity index (χ2v) is 6.74. The quantitative estimate of drug-likeness (QED) is 0.422. The van der Waals surface area contributed by atoms with Gasteiger partial charge in [-0.15, -0.1) is 0 Å². The monoisotopic (exact) mass is 391 g/mol. The van der Waals surface area contributed by atoms with E-state index in [9.17, 15) is 4.79 Å². The molecule has 0 saturated heterocycles. The number of nitriles is 1. The molecule has 0 aliphatic heterocycles. The van der Waals surface area contributed by atoms with Gasteiger partial charge in [-0.05, 0) is 73.0 Å². The summed E-state index contributed by atoms with van der Waals surface area (Å²) in [7, 11) is 0. The number of hydrogen-bond acceptors (Lipinski definition) is 4. The van der Waals surface area contributed by atoms with Gasteiger partial charge < -0.3 is 9.47 Å². The number of esters is 1. The third-order valence-electron chi connectivity index (χ3n) is 4.19. The van der Waals surface area contributed by atoms with E-state index >= 15 is 0 Å². The second-order valence-electron chi connectivity index (χ2n) is 6.30. The molecular formula is C23H18ClNO3. The number of aryl methyl sites for hydroxylation is 1. The Balaban J connectivity index is 1.64. The van der Waals surface area contributed by atoms with Crippen molar-refractivity contribution in [3.05, 3.63) is 82.9 Å². The topological polar surface area (TPSA) is 59.3 Å². The molecule has 28 heavy (non-hydrogen) atoms. The zero-order valence-electron chi connectivity index (χ0n) is 15.5. The summed E-state index contributed by atoms with van der Waals surface area (Å²) in [5, 5.41) is 9.48. The van der Waals surface area contributed by atoms with Crippen molar-refractivity contribution < 1.29 is 14.3 Å². The van der Waals surface area contributed by atoms with Gasteiger partial charge in [0.05, 0.1) is 11.6 Å². The molecule has 3 rings (SSSR count). The first-order valence-corrected chi connectivity index (χ1v) is 9.09. The number of carbonyl (C=O) groups is 1. The molecule has 0 heterocycles. The van der Waals surface area contributed by atoms with Gasteiger partial charge in [-0.1, -0.05) is 35.9 Å².